The maximum Gasteiger partial charge on any atom is 0.168 e. The van der Waals surface area contributed by atoms with Gasteiger partial charge in [-0.2, -0.15) is 10.2 Å². The fraction of sp³-hybridized carbons (Fsp3) is 0.0370. The van der Waals surface area contributed by atoms with E-state index in [1.807, 2.05) is 72.5 Å². The topological polar surface area (TPSA) is 81.6 Å². The molecule has 0 unspecified atom stereocenters. The van der Waals surface area contributed by atoms with Gasteiger partial charge in [-0.25, -0.2) is 19.3 Å². The molecule has 0 radical (unpaired) electrons. The van der Waals surface area contributed by atoms with Crippen molar-refractivity contribution in [2.75, 3.05) is 0 Å². The molecule has 1 N–H and O–H groups in total. The zero-order chi connectivity index (χ0) is 23.4. The highest BCUT2D eigenvalue weighted by Gasteiger charge is 2.24. The van der Waals surface area contributed by atoms with Crippen LogP contribution >= 0.6 is 0 Å². The van der Waals surface area contributed by atoms with Crippen LogP contribution in [0.3, 0.4) is 0 Å². The Balaban J connectivity index is 1.63. The maximum absolute atomic E-state index is 4.96. The molecular formula is C27H20N8. The maximum atomic E-state index is 4.96. The molecule has 0 aliphatic carbocycles. The summed E-state index contributed by atoms with van der Waals surface area (Å²) in [6, 6.07) is 24.7. The van der Waals surface area contributed by atoms with E-state index in [1.165, 1.54) is 0 Å². The summed E-state index contributed by atoms with van der Waals surface area (Å²) < 4.78 is 5.90. The molecule has 5 heterocycles. The number of rotatable bonds is 4. The number of imidazole rings is 1. The van der Waals surface area contributed by atoms with Gasteiger partial charge >= 0.3 is 0 Å². The Morgan fingerprint density at radius 3 is 2.54 bits per heavy atom. The van der Waals surface area contributed by atoms with Crippen LogP contribution in [0, 0.1) is 6.92 Å². The first kappa shape index (κ1) is 19.5. The van der Waals surface area contributed by atoms with Gasteiger partial charge in [-0.3, -0.25) is 4.40 Å². The minimum atomic E-state index is 0.816. The molecule has 7 rings (SSSR count). The minimum Gasteiger partial charge on any atom is -0.367 e. The number of aromatic nitrogens is 8. The Morgan fingerprint density at radius 2 is 1.74 bits per heavy atom. The summed E-state index contributed by atoms with van der Waals surface area (Å²) in [5.41, 5.74) is 8.78. The molecule has 35 heavy (non-hydrogen) atoms. The lowest BCUT2D eigenvalue weighted by atomic mass is 10.0. The third-order valence-electron chi connectivity index (χ3n) is 6.26. The lowest BCUT2D eigenvalue weighted by Gasteiger charge is -2.13. The minimum absolute atomic E-state index is 0.816. The van der Waals surface area contributed by atoms with Crippen molar-refractivity contribution in [3.8, 4) is 33.9 Å². The molecule has 0 bridgehead atoms. The highest BCUT2D eigenvalue weighted by atomic mass is 15.4. The molecule has 0 saturated carbocycles. The van der Waals surface area contributed by atoms with Crippen LogP contribution in [-0.2, 0) is 0 Å². The van der Waals surface area contributed by atoms with Gasteiger partial charge in [0.25, 0.3) is 0 Å². The molecule has 0 fully saturated rings. The van der Waals surface area contributed by atoms with Crippen LogP contribution in [0.5, 0.6) is 0 Å². The summed E-state index contributed by atoms with van der Waals surface area (Å²) in [5.74, 6) is 0.816. The number of hydrogen-bond acceptors (Lipinski definition) is 4. The quantitative estimate of drug-likeness (QED) is 0.393. The van der Waals surface area contributed by atoms with Crippen molar-refractivity contribution < 1.29 is 0 Å². The van der Waals surface area contributed by atoms with E-state index < -0.39 is 0 Å². The lowest BCUT2D eigenvalue weighted by Crippen LogP contribution is -2.07. The van der Waals surface area contributed by atoms with Gasteiger partial charge in [0.05, 0.1) is 33.7 Å². The SMILES string of the molecule is Cc1nn(-c2ccccc2)c(-n2cncn2)c1-c1cc(-c2cc[nH]c2)cc2nc3ccccc3n12. The molecule has 0 amide bonds. The standard InChI is InChI=1S/C27H20N8/c1-18-26(27(33-17-29-16-30-33)35(32-18)21-7-3-2-4-8-21)24-13-20(19-11-12-28-15-19)14-25-31-22-9-5-6-10-23(22)34(24)25/h2-17,28H,1H3. The zero-order valence-corrected chi connectivity index (χ0v) is 18.9. The van der Waals surface area contributed by atoms with Gasteiger partial charge in [0.2, 0.25) is 0 Å². The van der Waals surface area contributed by atoms with Gasteiger partial charge in [-0.05, 0) is 60.5 Å². The smallest absolute Gasteiger partial charge is 0.168 e. The Kier molecular flexibility index (Phi) is 4.19. The Labute approximate surface area is 200 Å². The first-order valence-electron chi connectivity index (χ1n) is 11.3. The van der Waals surface area contributed by atoms with Gasteiger partial charge in [0.15, 0.2) is 5.82 Å². The van der Waals surface area contributed by atoms with Crippen molar-refractivity contribution in [1.29, 1.82) is 0 Å². The highest BCUT2D eigenvalue weighted by Crippen LogP contribution is 2.36. The predicted molar refractivity (Wildman–Crippen MR) is 135 cm³/mol. The Bertz CT molecular complexity index is 1790. The summed E-state index contributed by atoms with van der Waals surface area (Å²) in [5, 5.41) is 9.45. The zero-order valence-electron chi connectivity index (χ0n) is 18.9. The van der Waals surface area contributed by atoms with E-state index >= 15 is 0 Å². The Hall–Kier alpha value is -4.98. The summed E-state index contributed by atoms with van der Waals surface area (Å²) >= 11 is 0. The molecule has 168 valence electrons. The van der Waals surface area contributed by atoms with Crippen molar-refractivity contribution in [2.45, 2.75) is 6.92 Å². The van der Waals surface area contributed by atoms with Crippen LogP contribution < -0.4 is 0 Å². The van der Waals surface area contributed by atoms with Gasteiger partial charge in [0, 0.05) is 12.4 Å². The number of para-hydroxylation sites is 3. The van der Waals surface area contributed by atoms with E-state index in [1.54, 1.807) is 17.3 Å². The second-order valence-corrected chi connectivity index (χ2v) is 8.39. The number of H-pyrrole nitrogens is 1. The molecule has 5 aromatic heterocycles. The molecular weight excluding hydrogens is 436 g/mol. The fourth-order valence-corrected chi connectivity index (χ4v) is 4.73. The second-order valence-electron chi connectivity index (χ2n) is 8.39. The number of nitrogens with zero attached hydrogens (tertiary/aromatic N) is 7. The monoisotopic (exact) mass is 456 g/mol. The second kappa shape index (κ2) is 7.53. The summed E-state index contributed by atoms with van der Waals surface area (Å²) in [7, 11) is 0. The molecule has 8 heteroatoms. The largest absolute Gasteiger partial charge is 0.367 e. The summed E-state index contributed by atoms with van der Waals surface area (Å²) in [4.78, 5) is 12.3. The van der Waals surface area contributed by atoms with Crippen molar-refractivity contribution in [1.82, 2.24) is 38.9 Å². The van der Waals surface area contributed by atoms with Gasteiger partial charge in [-0.15, -0.1) is 0 Å². The molecule has 8 nitrogen and oxygen atoms in total. The number of benzene rings is 2. The number of fused-ring (bicyclic) bond motifs is 3. The van der Waals surface area contributed by atoms with Crippen LogP contribution in [0.2, 0.25) is 0 Å². The van der Waals surface area contributed by atoms with Crippen molar-refractivity contribution in [3.05, 3.63) is 104 Å². The van der Waals surface area contributed by atoms with Crippen LogP contribution in [0.25, 0.3) is 50.6 Å². The van der Waals surface area contributed by atoms with Crippen molar-refractivity contribution >= 4 is 16.7 Å². The normalized spacial score (nSPS) is 11.6. The number of aryl methyl sites for hydroxylation is 1. The van der Waals surface area contributed by atoms with E-state index in [0.717, 1.165) is 56.3 Å². The summed E-state index contributed by atoms with van der Waals surface area (Å²) in [6.45, 7) is 2.03. The third kappa shape index (κ3) is 3.00. The van der Waals surface area contributed by atoms with E-state index in [0.29, 0.717) is 0 Å². The van der Waals surface area contributed by atoms with E-state index in [2.05, 4.69) is 43.7 Å². The molecule has 7 aromatic rings. The molecule has 0 aliphatic heterocycles. The van der Waals surface area contributed by atoms with Crippen LogP contribution in [0.15, 0.2) is 97.8 Å². The van der Waals surface area contributed by atoms with Crippen LogP contribution in [0.4, 0.5) is 0 Å². The van der Waals surface area contributed by atoms with E-state index in [-0.39, 0.29) is 0 Å². The predicted octanol–water partition coefficient (Wildman–Crippen LogP) is 5.22. The number of nitrogens with one attached hydrogen (secondary N) is 1. The van der Waals surface area contributed by atoms with Crippen molar-refractivity contribution in [2.24, 2.45) is 0 Å². The molecule has 0 spiro atoms. The van der Waals surface area contributed by atoms with E-state index in [9.17, 15) is 0 Å². The van der Waals surface area contributed by atoms with E-state index in [4.69, 9.17) is 10.1 Å². The first-order valence-corrected chi connectivity index (χ1v) is 11.3. The van der Waals surface area contributed by atoms with Crippen LogP contribution in [-0.4, -0.2) is 38.9 Å². The number of hydrogen-bond donors (Lipinski definition) is 1. The molecule has 2 aromatic carbocycles. The first-order chi connectivity index (χ1) is 17.3. The molecule has 0 saturated heterocycles. The number of aromatic amines is 1. The van der Waals surface area contributed by atoms with Gasteiger partial charge in [-0.1, -0.05) is 30.3 Å². The number of pyridine rings is 1. The highest BCUT2D eigenvalue weighted by molar-refractivity contribution is 5.88. The summed E-state index contributed by atoms with van der Waals surface area (Å²) in [6.07, 6.45) is 7.18. The van der Waals surface area contributed by atoms with Gasteiger partial charge < -0.3 is 4.98 Å². The Morgan fingerprint density at radius 1 is 0.886 bits per heavy atom. The molecule has 0 atom stereocenters. The third-order valence-corrected chi connectivity index (χ3v) is 6.26. The van der Waals surface area contributed by atoms with Gasteiger partial charge in [0.1, 0.15) is 18.3 Å². The average Bonchev–Trinajstić information content (AvgIpc) is 3.69. The fourth-order valence-electron chi connectivity index (χ4n) is 4.73. The average molecular weight is 457 g/mol. The van der Waals surface area contributed by atoms with Crippen LogP contribution in [0.1, 0.15) is 5.69 Å². The van der Waals surface area contributed by atoms with Crippen molar-refractivity contribution in [3.63, 3.8) is 0 Å². The molecule has 0 aliphatic rings. The lowest BCUT2D eigenvalue weighted by molar-refractivity contribution is 0.760.